The van der Waals surface area contributed by atoms with E-state index in [2.05, 4.69) is 28.8 Å². The molecule has 2 N–H and O–H groups in total. The van der Waals surface area contributed by atoms with Gasteiger partial charge in [-0.05, 0) is 55.4 Å². The zero-order chi connectivity index (χ0) is 22.1. The Balaban J connectivity index is 2.19. The van der Waals surface area contributed by atoms with Gasteiger partial charge in [0.05, 0.1) is 11.5 Å². The number of nitrogens with zero attached hydrogens (tertiary/aromatic N) is 1. The number of anilines is 1. The average Bonchev–Trinajstić information content (AvgIpc) is 2.72. The first-order valence-corrected chi connectivity index (χ1v) is 11.5. The molecule has 8 heteroatoms. The van der Waals surface area contributed by atoms with Crippen molar-refractivity contribution in [3.8, 4) is 0 Å². The molecule has 0 aromatic heterocycles. The van der Waals surface area contributed by atoms with Gasteiger partial charge in [0.25, 0.3) is 5.91 Å². The summed E-state index contributed by atoms with van der Waals surface area (Å²) in [4.78, 5) is 15.2. The molecule has 0 aliphatic heterocycles. The Morgan fingerprint density at radius 2 is 1.83 bits per heavy atom. The number of aryl methyl sites for hydroxylation is 1. The third-order valence-electron chi connectivity index (χ3n) is 4.85. The van der Waals surface area contributed by atoms with Gasteiger partial charge in [0, 0.05) is 31.5 Å². The molecule has 0 unspecified atom stereocenters. The summed E-state index contributed by atoms with van der Waals surface area (Å²) in [5.41, 5.74) is 2.80. The van der Waals surface area contributed by atoms with Crippen LogP contribution in [0.4, 0.5) is 5.69 Å². The van der Waals surface area contributed by atoms with Crippen LogP contribution in [0.25, 0.3) is 0 Å². The Morgan fingerprint density at radius 1 is 1.10 bits per heavy atom. The van der Waals surface area contributed by atoms with E-state index in [1.54, 1.807) is 13.0 Å². The second-order valence-corrected chi connectivity index (χ2v) is 8.75. The van der Waals surface area contributed by atoms with Crippen molar-refractivity contribution >= 4 is 21.6 Å². The van der Waals surface area contributed by atoms with Crippen LogP contribution in [0.1, 0.15) is 35.3 Å². The molecule has 164 valence electrons. The second-order valence-electron chi connectivity index (χ2n) is 6.98. The van der Waals surface area contributed by atoms with Gasteiger partial charge >= 0.3 is 0 Å². The highest BCUT2D eigenvalue weighted by Gasteiger charge is 2.18. The fourth-order valence-electron chi connectivity index (χ4n) is 3.03. The zero-order valence-corrected chi connectivity index (χ0v) is 18.9. The minimum absolute atomic E-state index is 0.0460. The van der Waals surface area contributed by atoms with Gasteiger partial charge in [0.2, 0.25) is 10.0 Å². The van der Waals surface area contributed by atoms with Gasteiger partial charge < -0.3 is 10.1 Å². The number of hydrogen-bond donors (Lipinski definition) is 2. The van der Waals surface area contributed by atoms with E-state index in [0.717, 1.165) is 25.2 Å². The molecule has 1 amide bonds. The number of carbonyl (C=O) groups excluding carboxylic acids is 1. The van der Waals surface area contributed by atoms with Crippen molar-refractivity contribution < 1.29 is 17.9 Å². The lowest BCUT2D eigenvalue weighted by Crippen LogP contribution is -2.27. The SMILES string of the molecule is CCN(CC)Cc1cccc(NC(=O)c2cc(S(=O)(=O)NCCOC)ccc2C)c1. The van der Waals surface area contributed by atoms with Crippen molar-refractivity contribution in [1.29, 1.82) is 0 Å². The third-order valence-corrected chi connectivity index (χ3v) is 6.31. The van der Waals surface area contributed by atoms with Crippen molar-refractivity contribution in [2.24, 2.45) is 0 Å². The normalized spacial score (nSPS) is 11.6. The van der Waals surface area contributed by atoms with Crippen LogP contribution < -0.4 is 10.0 Å². The lowest BCUT2D eigenvalue weighted by molar-refractivity contribution is 0.102. The lowest BCUT2D eigenvalue weighted by Gasteiger charge is -2.18. The van der Waals surface area contributed by atoms with Gasteiger partial charge in [-0.1, -0.05) is 32.0 Å². The number of hydrogen-bond acceptors (Lipinski definition) is 5. The van der Waals surface area contributed by atoms with Gasteiger partial charge in [-0.3, -0.25) is 9.69 Å². The van der Waals surface area contributed by atoms with Crippen molar-refractivity contribution in [3.05, 3.63) is 59.2 Å². The fraction of sp³-hybridized carbons (Fsp3) is 0.409. The molecule has 2 aromatic carbocycles. The predicted octanol–water partition coefficient (Wildman–Crippen LogP) is 3.01. The first-order valence-electron chi connectivity index (χ1n) is 10.0. The molecule has 0 spiro atoms. The van der Waals surface area contributed by atoms with Crippen molar-refractivity contribution in [2.75, 3.05) is 38.7 Å². The molecule has 2 aromatic rings. The molecular weight excluding hydrogens is 402 g/mol. The Hall–Kier alpha value is -2.26. The molecule has 0 aliphatic rings. The number of amides is 1. The summed E-state index contributed by atoms with van der Waals surface area (Å²) in [7, 11) is -2.22. The van der Waals surface area contributed by atoms with E-state index in [1.165, 1.54) is 19.2 Å². The lowest BCUT2D eigenvalue weighted by atomic mass is 10.1. The summed E-state index contributed by atoms with van der Waals surface area (Å²) in [5, 5.41) is 2.89. The fourth-order valence-corrected chi connectivity index (χ4v) is 4.06. The minimum atomic E-state index is -3.72. The van der Waals surface area contributed by atoms with E-state index < -0.39 is 10.0 Å². The molecule has 30 heavy (non-hydrogen) atoms. The summed E-state index contributed by atoms with van der Waals surface area (Å²) in [6.45, 7) is 9.14. The number of carbonyl (C=O) groups is 1. The Morgan fingerprint density at radius 3 is 2.50 bits per heavy atom. The summed E-state index contributed by atoms with van der Waals surface area (Å²) in [6, 6.07) is 12.2. The maximum atomic E-state index is 12.9. The smallest absolute Gasteiger partial charge is 0.255 e. The van der Waals surface area contributed by atoms with E-state index in [-0.39, 0.29) is 24.0 Å². The number of rotatable bonds is 11. The molecule has 0 saturated heterocycles. The molecule has 7 nitrogen and oxygen atoms in total. The number of nitrogens with one attached hydrogen (secondary N) is 2. The van der Waals surface area contributed by atoms with E-state index in [9.17, 15) is 13.2 Å². The molecule has 0 atom stereocenters. The maximum Gasteiger partial charge on any atom is 0.255 e. The van der Waals surface area contributed by atoms with E-state index in [0.29, 0.717) is 16.8 Å². The Labute approximate surface area is 179 Å². The van der Waals surface area contributed by atoms with Gasteiger partial charge in [-0.2, -0.15) is 0 Å². The quantitative estimate of drug-likeness (QED) is 0.532. The van der Waals surface area contributed by atoms with E-state index >= 15 is 0 Å². The topological polar surface area (TPSA) is 87.7 Å². The molecule has 0 fully saturated rings. The van der Waals surface area contributed by atoms with Crippen LogP contribution in [0.15, 0.2) is 47.4 Å². The van der Waals surface area contributed by atoms with E-state index in [1.807, 2.05) is 24.3 Å². The number of methoxy groups -OCH3 is 1. The van der Waals surface area contributed by atoms with Crippen molar-refractivity contribution in [1.82, 2.24) is 9.62 Å². The summed E-state index contributed by atoms with van der Waals surface area (Å²) in [6.07, 6.45) is 0. The molecular formula is C22H31N3O4S. The first kappa shape index (κ1) is 24.0. The molecule has 0 heterocycles. The summed E-state index contributed by atoms with van der Waals surface area (Å²) in [5.74, 6) is -0.346. The van der Waals surface area contributed by atoms with Crippen molar-refractivity contribution in [3.63, 3.8) is 0 Å². The van der Waals surface area contributed by atoms with Gasteiger partial charge in [-0.25, -0.2) is 13.1 Å². The first-order chi connectivity index (χ1) is 14.3. The molecule has 0 radical (unpaired) electrons. The number of benzene rings is 2. The largest absolute Gasteiger partial charge is 0.383 e. The van der Waals surface area contributed by atoms with Crippen LogP contribution in [0.5, 0.6) is 0 Å². The van der Waals surface area contributed by atoms with Gasteiger partial charge in [-0.15, -0.1) is 0 Å². The van der Waals surface area contributed by atoms with E-state index in [4.69, 9.17) is 4.74 Å². The van der Waals surface area contributed by atoms with Gasteiger partial charge in [0.1, 0.15) is 0 Å². The average molecular weight is 434 g/mol. The van der Waals surface area contributed by atoms with Crippen LogP contribution in [0.2, 0.25) is 0 Å². The monoisotopic (exact) mass is 433 g/mol. The third kappa shape index (κ3) is 6.63. The molecule has 2 rings (SSSR count). The highest BCUT2D eigenvalue weighted by atomic mass is 32.2. The summed E-state index contributed by atoms with van der Waals surface area (Å²) >= 11 is 0. The molecule has 0 bridgehead atoms. The maximum absolute atomic E-state index is 12.9. The summed E-state index contributed by atoms with van der Waals surface area (Å²) < 4.78 is 32.2. The van der Waals surface area contributed by atoms with Crippen LogP contribution >= 0.6 is 0 Å². The minimum Gasteiger partial charge on any atom is -0.383 e. The van der Waals surface area contributed by atoms with Crippen LogP contribution in [0.3, 0.4) is 0 Å². The highest BCUT2D eigenvalue weighted by Crippen LogP contribution is 2.19. The Bertz CT molecular complexity index is 957. The Kier molecular flexibility index (Phi) is 8.98. The number of sulfonamides is 1. The molecule has 0 aliphatic carbocycles. The second kappa shape index (κ2) is 11.2. The predicted molar refractivity (Wildman–Crippen MR) is 119 cm³/mol. The zero-order valence-electron chi connectivity index (χ0n) is 18.1. The van der Waals surface area contributed by atoms with Crippen molar-refractivity contribution in [2.45, 2.75) is 32.2 Å². The van der Waals surface area contributed by atoms with Crippen LogP contribution in [-0.2, 0) is 21.3 Å². The van der Waals surface area contributed by atoms with Crippen LogP contribution in [0, 0.1) is 6.92 Å². The molecule has 0 saturated carbocycles. The standard InChI is InChI=1S/C22H31N3O4S/c1-5-25(6-2)16-18-8-7-9-19(14-18)24-22(26)21-15-20(11-10-17(21)3)30(27,28)23-12-13-29-4/h7-11,14-15,23H,5-6,12-13,16H2,1-4H3,(H,24,26). The highest BCUT2D eigenvalue weighted by molar-refractivity contribution is 7.89. The van der Waals surface area contributed by atoms with Crippen LogP contribution in [-0.4, -0.2) is 52.6 Å². The van der Waals surface area contributed by atoms with Gasteiger partial charge in [0.15, 0.2) is 0 Å². The number of ether oxygens (including phenoxy) is 1.